The molecule has 7 nitrogen and oxygen atoms in total. The van der Waals surface area contributed by atoms with Crippen LogP contribution in [0.4, 0.5) is 4.79 Å². The molecule has 164 valence electrons. The van der Waals surface area contributed by atoms with Crippen LogP contribution >= 0.6 is 0 Å². The quantitative estimate of drug-likeness (QED) is 0.496. The summed E-state index contributed by atoms with van der Waals surface area (Å²) in [4.78, 5) is 12.6. The van der Waals surface area contributed by atoms with E-state index in [0.717, 1.165) is 45.1 Å². The van der Waals surface area contributed by atoms with E-state index in [2.05, 4.69) is 25.2 Å². The van der Waals surface area contributed by atoms with Gasteiger partial charge in [0.25, 0.3) is 0 Å². The number of amides is 1. The summed E-state index contributed by atoms with van der Waals surface area (Å²) >= 11 is 0. The lowest BCUT2D eigenvalue weighted by Crippen LogP contribution is -2.55. The van der Waals surface area contributed by atoms with Crippen LogP contribution in [0.1, 0.15) is 58.8 Å². The summed E-state index contributed by atoms with van der Waals surface area (Å²) in [5.41, 5.74) is 0.550. The minimum atomic E-state index is -0.538. The molecule has 2 aliphatic heterocycles. The Bertz CT molecular complexity index is 635. The summed E-state index contributed by atoms with van der Waals surface area (Å²) in [5.74, 6) is 0.0629. The molecule has 0 aromatic rings. The van der Waals surface area contributed by atoms with Crippen molar-refractivity contribution in [1.82, 2.24) is 5.32 Å². The molecule has 0 bridgehead atoms. The number of allylic oxidation sites excluding steroid dienone is 1. The van der Waals surface area contributed by atoms with Gasteiger partial charge >= 0.3 is 6.09 Å². The highest BCUT2D eigenvalue weighted by molar-refractivity contribution is 5.68. The van der Waals surface area contributed by atoms with Crippen molar-refractivity contribution in [1.29, 1.82) is 0 Å². The maximum atomic E-state index is 12.6. The molecule has 1 spiro atoms. The molecule has 2 saturated heterocycles. The van der Waals surface area contributed by atoms with Gasteiger partial charge in [0.2, 0.25) is 0 Å². The second kappa shape index (κ2) is 8.17. The average molecular weight is 410 g/mol. The molecule has 29 heavy (non-hydrogen) atoms. The van der Waals surface area contributed by atoms with Crippen molar-refractivity contribution in [3.63, 3.8) is 0 Å². The van der Waals surface area contributed by atoms with Crippen LogP contribution in [-0.2, 0) is 18.9 Å². The second-order valence-corrected chi connectivity index (χ2v) is 9.49. The number of carbonyl (C=O) groups is 1. The number of aliphatic hydroxyl groups is 1. The van der Waals surface area contributed by atoms with E-state index >= 15 is 0 Å². The number of ether oxygens (including phenoxy) is 4. The molecule has 4 aliphatic rings. The normalized spacial score (nSPS) is 39.8. The zero-order valence-corrected chi connectivity index (χ0v) is 17.8. The smallest absolute Gasteiger partial charge is 0.408 e. The van der Waals surface area contributed by atoms with Crippen molar-refractivity contribution in [3.8, 4) is 0 Å². The molecule has 1 amide bonds. The Morgan fingerprint density at radius 2 is 2.00 bits per heavy atom. The van der Waals surface area contributed by atoms with Crippen LogP contribution in [0.3, 0.4) is 0 Å². The minimum absolute atomic E-state index is 0.0536. The van der Waals surface area contributed by atoms with Crippen LogP contribution in [-0.4, -0.2) is 67.1 Å². The molecule has 0 aromatic heterocycles. The number of carbonyl (C=O) groups excluding carboxylic acids is 1. The van der Waals surface area contributed by atoms with Crippen LogP contribution in [0, 0.1) is 5.92 Å². The van der Waals surface area contributed by atoms with Crippen molar-refractivity contribution in [2.75, 3.05) is 20.3 Å². The number of aliphatic hydroxyl groups excluding tert-OH is 1. The molecular weight excluding hydrogens is 374 g/mol. The Kier molecular flexibility index (Phi) is 5.95. The van der Waals surface area contributed by atoms with Gasteiger partial charge in [-0.25, -0.2) is 4.79 Å². The van der Waals surface area contributed by atoms with Gasteiger partial charge in [-0.1, -0.05) is 24.5 Å². The van der Waals surface area contributed by atoms with Crippen molar-refractivity contribution >= 4 is 6.09 Å². The van der Waals surface area contributed by atoms with E-state index in [1.54, 1.807) is 7.11 Å². The summed E-state index contributed by atoms with van der Waals surface area (Å²) in [6.45, 7) is 4.85. The average Bonchev–Trinajstić information content (AvgIpc) is 3.60. The molecule has 6 atom stereocenters. The number of hydrogen-bond donors (Lipinski definition) is 2. The molecule has 7 heteroatoms. The van der Waals surface area contributed by atoms with Crippen molar-refractivity contribution < 1.29 is 28.8 Å². The number of hydrogen-bond acceptors (Lipinski definition) is 6. The molecule has 2 N–H and O–H groups in total. The lowest BCUT2D eigenvalue weighted by atomic mass is 9.73. The summed E-state index contributed by atoms with van der Waals surface area (Å²) in [6.07, 6.45) is 7.44. The molecule has 2 heterocycles. The number of alkyl carbamates (subject to hydrolysis) is 1. The van der Waals surface area contributed by atoms with E-state index in [9.17, 15) is 9.90 Å². The van der Waals surface area contributed by atoms with Crippen LogP contribution in [0.15, 0.2) is 11.6 Å². The molecule has 6 unspecified atom stereocenters. The first kappa shape index (κ1) is 21.1. The van der Waals surface area contributed by atoms with E-state index in [4.69, 9.17) is 18.9 Å². The van der Waals surface area contributed by atoms with Crippen LogP contribution in [0.2, 0.25) is 0 Å². The summed E-state index contributed by atoms with van der Waals surface area (Å²) in [6, 6.07) is 0. The summed E-state index contributed by atoms with van der Waals surface area (Å²) < 4.78 is 23.6. The molecule has 4 fully saturated rings. The Morgan fingerprint density at radius 3 is 2.59 bits per heavy atom. The maximum Gasteiger partial charge on any atom is 0.408 e. The summed E-state index contributed by atoms with van der Waals surface area (Å²) in [7, 11) is 1.67. The van der Waals surface area contributed by atoms with Gasteiger partial charge in [-0.15, -0.1) is 0 Å². The lowest BCUT2D eigenvalue weighted by molar-refractivity contribution is -0.106. The van der Waals surface area contributed by atoms with Gasteiger partial charge in [0.15, 0.2) is 0 Å². The SMILES string of the molecule is COC1C(OC(=O)NC2(CO)CCCC2)CCC2(CO2)C1C1OC1CC=C(C)C. The predicted molar refractivity (Wildman–Crippen MR) is 107 cm³/mol. The fourth-order valence-corrected chi connectivity index (χ4v) is 5.36. The summed E-state index contributed by atoms with van der Waals surface area (Å²) in [5, 5.41) is 12.7. The van der Waals surface area contributed by atoms with Crippen LogP contribution < -0.4 is 5.32 Å². The standard InChI is InChI=1S/C22H35NO6/c1-14(2)6-7-15-19(28-15)17-18(26-3)16(8-11-22(17)13-27-22)29-20(25)23-21(12-24)9-4-5-10-21/h6,15-19,24H,4-5,7-13H2,1-3H3,(H,23,25). The largest absolute Gasteiger partial charge is 0.443 e. The van der Waals surface area contributed by atoms with E-state index in [1.165, 1.54) is 5.57 Å². The maximum absolute atomic E-state index is 12.6. The van der Waals surface area contributed by atoms with E-state index in [1.807, 2.05) is 0 Å². The van der Waals surface area contributed by atoms with Crippen molar-refractivity contribution in [2.45, 2.75) is 94.3 Å². The fourth-order valence-electron chi connectivity index (χ4n) is 5.36. The van der Waals surface area contributed by atoms with Gasteiger partial charge in [-0.2, -0.15) is 0 Å². The third-order valence-corrected chi connectivity index (χ3v) is 7.19. The van der Waals surface area contributed by atoms with Gasteiger partial charge in [0, 0.05) is 13.0 Å². The third kappa shape index (κ3) is 4.33. The Labute approximate surface area is 173 Å². The third-order valence-electron chi connectivity index (χ3n) is 7.19. The number of methoxy groups -OCH3 is 1. The van der Waals surface area contributed by atoms with E-state index < -0.39 is 11.6 Å². The zero-order valence-electron chi connectivity index (χ0n) is 17.8. The molecule has 0 aromatic carbocycles. The number of rotatable bonds is 7. The molecule has 4 rings (SSSR count). The Balaban J connectivity index is 1.41. The first-order valence-corrected chi connectivity index (χ1v) is 11.0. The Hall–Kier alpha value is -1.15. The predicted octanol–water partition coefficient (Wildman–Crippen LogP) is 2.70. The van der Waals surface area contributed by atoms with Gasteiger partial charge in [-0.05, 0) is 46.0 Å². The topological polar surface area (TPSA) is 92.9 Å². The molecule has 2 saturated carbocycles. The highest BCUT2D eigenvalue weighted by Gasteiger charge is 2.66. The van der Waals surface area contributed by atoms with Gasteiger partial charge in [0.05, 0.1) is 36.6 Å². The Morgan fingerprint density at radius 1 is 1.28 bits per heavy atom. The first-order chi connectivity index (χ1) is 13.9. The number of epoxide rings is 2. The highest BCUT2D eigenvalue weighted by atomic mass is 16.6. The van der Waals surface area contributed by atoms with Crippen molar-refractivity contribution in [3.05, 3.63) is 11.6 Å². The molecule has 0 radical (unpaired) electrons. The first-order valence-electron chi connectivity index (χ1n) is 11.0. The second-order valence-electron chi connectivity index (χ2n) is 9.49. The lowest BCUT2D eigenvalue weighted by Gasteiger charge is -2.40. The highest BCUT2D eigenvalue weighted by Crippen LogP contribution is 2.54. The van der Waals surface area contributed by atoms with Gasteiger partial charge in [0.1, 0.15) is 12.2 Å². The minimum Gasteiger partial charge on any atom is -0.443 e. The molecule has 2 aliphatic carbocycles. The van der Waals surface area contributed by atoms with Gasteiger partial charge in [-0.3, -0.25) is 0 Å². The fraction of sp³-hybridized carbons (Fsp3) is 0.864. The molecular formula is C22H35NO6. The monoisotopic (exact) mass is 409 g/mol. The van der Waals surface area contributed by atoms with Crippen molar-refractivity contribution in [2.24, 2.45) is 5.92 Å². The number of nitrogens with one attached hydrogen (secondary N) is 1. The van der Waals surface area contributed by atoms with Gasteiger partial charge < -0.3 is 29.4 Å². The van der Waals surface area contributed by atoms with Crippen LogP contribution in [0.25, 0.3) is 0 Å². The van der Waals surface area contributed by atoms with Crippen LogP contribution in [0.5, 0.6) is 0 Å². The zero-order chi connectivity index (χ0) is 20.6. The van der Waals surface area contributed by atoms with E-state index in [-0.39, 0.29) is 42.5 Å². The van der Waals surface area contributed by atoms with E-state index in [0.29, 0.717) is 6.42 Å².